The van der Waals surface area contributed by atoms with Gasteiger partial charge in [0.05, 0.1) is 37.4 Å². The van der Waals surface area contributed by atoms with Gasteiger partial charge in [-0.3, -0.25) is 4.79 Å². The van der Waals surface area contributed by atoms with Crippen molar-refractivity contribution in [3.63, 3.8) is 0 Å². The lowest BCUT2D eigenvalue weighted by atomic mass is 9.75. The van der Waals surface area contributed by atoms with Crippen molar-refractivity contribution >= 4 is 29.6 Å². The van der Waals surface area contributed by atoms with Gasteiger partial charge in [-0.15, -0.1) is 0 Å². The number of esters is 2. The number of nitrogens with zero attached hydrogens (tertiary/aromatic N) is 1. The summed E-state index contributed by atoms with van der Waals surface area (Å²) >= 11 is 0. The van der Waals surface area contributed by atoms with E-state index in [1.54, 1.807) is 46.1 Å². The number of methoxy groups -OCH3 is 1. The summed E-state index contributed by atoms with van der Waals surface area (Å²) < 4.78 is 16.0. The lowest BCUT2D eigenvalue weighted by Crippen LogP contribution is -2.42. The molecule has 9 nitrogen and oxygen atoms in total. The summed E-state index contributed by atoms with van der Waals surface area (Å²) in [6, 6.07) is 18.2. The Kier molecular flexibility index (Phi) is 7.87. The van der Waals surface area contributed by atoms with Crippen molar-refractivity contribution < 1.29 is 28.6 Å². The van der Waals surface area contributed by atoms with Crippen LogP contribution in [0.2, 0.25) is 0 Å². The number of Topliss-reactive ketones (excluding diaryl/α,β-unsaturated/α-hetero) is 1. The fourth-order valence-corrected chi connectivity index (χ4v) is 5.28. The maximum Gasteiger partial charge on any atom is 0.338 e. The van der Waals surface area contributed by atoms with Crippen molar-refractivity contribution in [1.82, 2.24) is 10.3 Å². The normalized spacial score (nSPS) is 19.0. The van der Waals surface area contributed by atoms with Gasteiger partial charge in [-0.05, 0) is 62.7 Å². The molecule has 0 bridgehead atoms. The van der Waals surface area contributed by atoms with Gasteiger partial charge in [0.2, 0.25) is 0 Å². The second-order valence-electron chi connectivity index (χ2n) is 9.60. The monoisotopic (exact) mass is 553 g/mol. The van der Waals surface area contributed by atoms with Crippen molar-refractivity contribution in [3.8, 4) is 17.0 Å². The summed E-state index contributed by atoms with van der Waals surface area (Å²) in [6.45, 7) is 5.81. The van der Waals surface area contributed by atoms with E-state index >= 15 is 0 Å². The molecule has 41 heavy (non-hydrogen) atoms. The Morgan fingerprint density at radius 2 is 1.63 bits per heavy atom. The first-order chi connectivity index (χ1) is 19.9. The van der Waals surface area contributed by atoms with Crippen LogP contribution in [0.1, 0.15) is 48.3 Å². The van der Waals surface area contributed by atoms with Crippen LogP contribution >= 0.6 is 0 Å². The zero-order valence-electron chi connectivity index (χ0n) is 23.3. The van der Waals surface area contributed by atoms with Crippen molar-refractivity contribution in [2.45, 2.75) is 26.7 Å². The fourth-order valence-electron chi connectivity index (χ4n) is 5.28. The molecule has 2 atom stereocenters. The van der Waals surface area contributed by atoms with Crippen molar-refractivity contribution in [3.05, 3.63) is 94.5 Å². The largest absolute Gasteiger partial charge is 0.496 e. The van der Waals surface area contributed by atoms with E-state index in [4.69, 9.17) is 14.2 Å². The van der Waals surface area contributed by atoms with Crippen LogP contribution in [0.25, 0.3) is 17.3 Å². The number of ketones is 1. The van der Waals surface area contributed by atoms with Crippen LogP contribution in [-0.2, 0) is 19.1 Å². The summed E-state index contributed by atoms with van der Waals surface area (Å²) in [7, 11) is 1.56. The molecule has 2 unspecified atom stereocenters. The lowest BCUT2D eigenvalue weighted by molar-refractivity contribution is -0.139. The number of ether oxygens (including phenoxy) is 3. The number of para-hydroxylation sites is 1. The first kappa shape index (κ1) is 27.6. The predicted octanol–water partition coefficient (Wildman–Crippen LogP) is 5.03. The SMILES string of the molecule is CCOC(=O)C1=C(C)NC2=N/C(=C/c3ccc(-c4ccc(C(=O)OCC)cc4)[nH]3)C(=O)C2C1c1ccccc1OC. The molecule has 1 aromatic heterocycles. The number of allylic oxidation sites excluding steroid dienone is 2. The van der Waals surface area contributed by atoms with Crippen molar-refractivity contribution in [2.75, 3.05) is 20.3 Å². The molecule has 2 N–H and O–H groups in total. The zero-order valence-corrected chi connectivity index (χ0v) is 23.3. The van der Waals surface area contributed by atoms with Gasteiger partial charge in [0.15, 0.2) is 5.78 Å². The number of hydrogen-bond acceptors (Lipinski definition) is 8. The minimum atomic E-state index is -0.745. The molecule has 0 radical (unpaired) electrons. The summed E-state index contributed by atoms with van der Waals surface area (Å²) in [6.07, 6.45) is 1.70. The Labute approximate surface area is 237 Å². The van der Waals surface area contributed by atoms with E-state index in [-0.39, 0.29) is 24.1 Å². The van der Waals surface area contributed by atoms with E-state index in [1.807, 2.05) is 48.5 Å². The van der Waals surface area contributed by atoms with Gasteiger partial charge in [0.25, 0.3) is 0 Å². The second kappa shape index (κ2) is 11.7. The van der Waals surface area contributed by atoms with Crippen LogP contribution in [0.5, 0.6) is 5.75 Å². The number of aliphatic imine (C=N–C) groups is 1. The Morgan fingerprint density at radius 3 is 2.34 bits per heavy atom. The van der Waals surface area contributed by atoms with Gasteiger partial charge in [0.1, 0.15) is 17.3 Å². The van der Waals surface area contributed by atoms with Crippen LogP contribution in [0, 0.1) is 5.92 Å². The molecular formula is C32H31N3O6. The number of hydrogen-bond donors (Lipinski definition) is 2. The number of aromatic nitrogens is 1. The Bertz CT molecular complexity index is 1600. The third kappa shape index (κ3) is 5.30. The van der Waals surface area contributed by atoms with Gasteiger partial charge >= 0.3 is 11.9 Å². The Balaban J connectivity index is 1.47. The van der Waals surface area contributed by atoms with Crippen molar-refractivity contribution in [1.29, 1.82) is 0 Å². The van der Waals surface area contributed by atoms with E-state index in [0.717, 1.165) is 11.3 Å². The average Bonchev–Trinajstić information content (AvgIpc) is 3.56. The standard InChI is InChI=1S/C32H31N3O6/c1-5-40-31(37)20-13-11-19(12-14-20)23-16-15-21(34-23)17-24-29(36)28-27(22-9-7-8-10-25(22)39-4)26(32(38)41-6-2)18(3)33-30(28)35-24/h7-17,27-28,34H,5-6H2,1-4H3,(H,33,35)/b24-17+. The zero-order chi connectivity index (χ0) is 29.1. The topological polar surface area (TPSA) is 119 Å². The average molecular weight is 554 g/mol. The quantitative estimate of drug-likeness (QED) is 0.297. The maximum absolute atomic E-state index is 13.9. The van der Waals surface area contributed by atoms with E-state index in [2.05, 4.69) is 15.3 Å². The molecule has 2 aliphatic heterocycles. The summed E-state index contributed by atoms with van der Waals surface area (Å²) in [5.74, 6) is -1.41. The smallest absolute Gasteiger partial charge is 0.338 e. The lowest BCUT2D eigenvalue weighted by Gasteiger charge is -2.33. The van der Waals surface area contributed by atoms with Gasteiger partial charge in [0, 0.05) is 28.6 Å². The van der Waals surface area contributed by atoms with Gasteiger partial charge in [-0.2, -0.15) is 0 Å². The Morgan fingerprint density at radius 1 is 0.927 bits per heavy atom. The number of amidine groups is 1. The van der Waals surface area contributed by atoms with Crippen LogP contribution < -0.4 is 10.1 Å². The van der Waals surface area contributed by atoms with Gasteiger partial charge in [-0.25, -0.2) is 14.6 Å². The molecule has 0 spiro atoms. The molecule has 0 amide bonds. The highest BCUT2D eigenvalue weighted by Crippen LogP contribution is 2.45. The third-order valence-corrected chi connectivity index (χ3v) is 7.11. The Hall–Kier alpha value is -4.92. The molecule has 0 fully saturated rings. The number of rotatable bonds is 8. The minimum Gasteiger partial charge on any atom is -0.496 e. The highest BCUT2D eigenvalue weighted by molar-refractivity contribution is 6.21. The highest BCUT2D eigenvalue weighted by atomic mass is 16.5. The molecular weight excluding hydrogens is 522 g/mol. The highest BCUT2D eigenvalue weighted by Gasteiger charge is 2.48. The number of aromatic amines is 1. The predicted molar refractivity (Wildman–Crippen MR) is 154 cm³/mol. The number of carbonyl (C=O) groups excluding carboxylic acids is 3. The summed E-state index contributed by atoms with van der Waals surface area (Å²) in [5.41, 5.74) is 4.78. The number of H-pyrrole nitrogens is 1. The van der Waals surface area contributed by atoms with Crippen molar-refractivity contribution in [2.24, 2.45) is 10.9 Å². The van der Waals surface area contributed by atoms with E-state index in [9.17, 15) is 14.4 Å². The summed E-state index contributed by atoms with van der Waals surface area (Å²) in [4.78, 5) is 47.0. The maximum atomic E-state index is 13.9. The number of fused-ring (bicyclic) bond motifs is 1. The van der Waals surface area contributed by atoms with E-state index in [0.29, 0.717) is 46.3 Å². The molecule has 0 saturated heterocycles. The minimum absolute atomic E-state index is 0.208. The molecule has 0 aliphatic carbocycles. The van der Waals surface area contributed by atoms with Crippen LogP contribution in [0.3, 0.4) is 0 Å². The van der Waals surface area contributed by atoms with E-state index in [1.165, 1.54) is 0 Å². The molecule has 2 aliphatic rings. The van der Waals surface area contributed by atoms with E-state index < -0.39 is 17.8 Å². The molecule has 3 heterocycles. The molecule has 210 valence electrons. The van der Waals surface area contributed by atoms with Gasteiger partial charge in [-0.1, -0.05) is 30.3 Å². The molecule has 3 aromatic rings. The van der Waals surface area contributed by atoms with Crippen LogP contribution in [0.4, 0.5) is 0 Å². The first-order valence-electron chi connectivity index (χ1n) is 13.4. The third-order valence-electron chi connectivity index (χ3n) is 7.11. The van der Waals surface area contributed by atoms with Gasteiger partial charge < -0.3 is 24.5 Å². The molecule has 2 aromatic carbocycles. The van der Waals surface area contributed by atoms with Crippen LogP contribution in [-0.4, -0.2) is 48.9 Å². The fraction of sp³-hybridized carbons (Fsp3) is 0.250. The molecule has 5 rings (SSSR count). The molecule has 0 saturated carbocycles. The second-order valence-corrected chi connectivity index (χ2v) is 9.60. The first-order valence-corrected chi connectivity index (χ1v) is 13.4. The summed E-state index contributed by atoms with van der Waals surface area (Å²) in [5, 5.41) is 3.18. The number of carbonyl (C=O) groups is 3. The number of benzene rings is 2. The van der Waals surface area contributed by atoms with Crippen LogP contribution in [0.15, 0.2) is 82.6 Å². The molecule has 9 heteroatoms. The number of nitrogens with one attached hydrogen (secondary N) is 2.